The Labute approximate surface area is 103 Å². The van der Waals surface area contributed by atoms with Gasteiger partial charge in [-0.3, -0.25) is 0 Å². The molecule has 0 radical (unpaired) electrons. The van der Waals surface area contributed by atoms with Gasteiger partial charge in [0.05, 0.1) is 0 Å². The molecule has 0 aromatic heterocycles. The highest BCUT2D eigenvalue weighted by Crippen LogP contribution is 2.19. The van der Waals surface area contributed by atoms with Crippen LogP contribution in [0.15, 0.2) is 24.3 Å². The predicted octanol–water partition coefficient (Wildman–Crippen LogP) is 2.74. The van der Waals surface area contributed by atoms with Gasteiger partial charge in [-0.25, -0.2) is 0 Å². The van der Waals surface area contributed by atoms with E-state index in [0.717, 1.165) is 10.8 Å². The topological polar surface area (TPSA) is 24.1 Å². The quantitative estimate of drug-likeness (QED) is 0.648. The van der Waals surface area contributed by atoms with Crippen LogP contribution in [-0.2, 0) is 0 Å². The zero-order valence-corrected chi connectivity index (χ0v) is 10.6. The highest BCUT2D eigenvalue weighted by atomic mass is 127. The fourth-order valence-electron chi connectivity index (χ4n) is 1.11. The number of nitrogens with one attached hydrogen (secondary N) is 2. The highest BCUT2D eigenvalue weighted by Gasteiger charge is 2.21. The molecule has 4 heteroatoms. The van der Waals surface area contributed by atoms with Crippen molar-refractivity contribution in [3.63, 3.8) is 0 Å². The van der Waals surface area contributed by atoms with Crippen LogP contribution < -0.4 is 10.6 Å². The molecule has 1 saturated carbocycles. The van der Waals surface area contributed by atoms with Gasteiger partial charge in [0.1, 0.15) is 0 Å². The van der Waals surface area contributed by atoms with Gasteiger partial charge < -0.3 is 10.6 Å². The van der Waals surface area contributed by atoms with Crippen molar-refractivity contribution < 1.29 is 0 Å². The summed E-state index contributed by atoms with van der Waals surface area (Å²) in [5.74, 6) is 0. The molecule has 14 heavy (non-hydrogen) atoms. The van der Waals surface area contributed by atoms with Crippen molar-refractivity contribution in [2.24, 2.45) is 0 Å². The Morgan fingerprint density at radius 1 is 1.29 bits per heavy atom. The lowest BCUT2D eigenvalue weighted by Crippen LogP contribution is -2.30. The van der Waals surface area contributed by atoms with Crippen LogP contribution in [0.3, 0.4) is 0 Å². The van der Waals surface area contributed by atoms with Crippen LogP contribution in [0.4, 0.5) is 5.69 Å². The zero-order chi connectivity index (χ0) is 9.97. The van der Waals surface area contributed by atoms with E-state index in [1.54, 1.807) is 0 Å². The summed E-state index contributed by atoms with van der Waals surface area (Å²) in [5, 5.41) is 7.12. The van der Waals surface area contributed by atoms with Crippen LogP contribution in [0.5, 0.6) is 0 Å². The van der Waals surface area contributed by atoms with Crippen molar-refractivity contribution >= 4 is 45.6 Å². The number of hydrogen-bond donors (Lipinski definition) is 2. The summed E-state index contributed by atoms with van der Waals surface area (Å²) in [7, 11) is 0. The van der Waals surface area contributed by atoms with Crippen LogP contribution in [0.25, 0.3) is 0 Å². The van der Waals surface area contributed by atoms with Gasteiger partial charge in [0.2, 0.25) is 0 Å². The minimum atomic E-state index is 0.610. The van der Waals surface area contributed by atoms with Crippen LogP contribution >= 0.6 is 34.8 Å². The Balaban J connectivity index is 1.89. The number of thiocarbonyl (C=S) groups is 1. The van der Waals surface area contributed by atoms with Crippen LogP contribution in [0.2, 0.25) is 0 Å². The summed E-state index contributed by atoms with van der Waals surface area (Å²) in [6, 6.07) is 8.79. The van der Waals surface area contributed by atoms with Crippen molar-refractivity contribution in [2.75, 3.05) is 5.32 Å². The lowest BCUT2D eigenvalue weighted by Gasteiger charge is -2.09. The third-order valence-corrected chi connectivity index (χ3v) is 2.95. The molecule has 2 N–H and O–H groups in total. The van der Waals surface area contributed by atoms with Crippen LogP contribution in [-0.4, -0.2) is 11.2 Å². The second-order valence-corrected chi connectivity index (χ2v) is 5.03. The Kier molecular flexibility index (Phi) is 3.22. The average molecular weight is 318 g/mol. The molecule has 1 fully saturated rings. The smallest absolute Gasteiger partial charge is 0.170 e. The van der Waals surface area contributed by atoms with Crippen molar-refractivity contribution in [3.05, 3.63) is 27.8 Å². The van der Waals surface area contributed by atoms with E-state index < -0.39 is 0 Å². The normalized spacial score (nSPS) is 14.9. The molecule has 0 aliphatic heterocycles. The van der Waals surface area contributed by atoms with Crippen molar-refractivity contribution in [3.8, 4) is 0 Å². The maximum Gasteiger partial charge on any atom is 0.170 e. The van der Waals surface area contributed by atoms with Gasteiger partial charge in [0, 0.05) is 15.3 Å². The van der Waals surface area contributed by atoms with Gasteiger partial charge in [0.25, 0.3) is 0 Å². The fraction of sp³-hybridized carbons (Fsp3) is 0.300. The summed E-state index contributed by atoms with van der Waals surface area (Å²) in [6.45, 7) is 0. The largest absolute Gasteiger partial charge is 0.360 e. The lowest BCUT2D eigenvalue weighted by molar-refractivity contribution is 0.919. The first-order chi connectivity index (χ1) is 6.74. The fourth-order valence-corrected chi connectivity index (χ4v) is 1.76. The maximum atomic E-state index is 5.16. The molecule has 1 aromatic rings. The van der Waals surface area contributed by atoms with Gasteiger partial charge in [-0.05, 0) is 71.9 Å². The first-order valence-corrected chi connectivity index (χ1v) is 6.06. The first kappa shape index (κ1) is 10.2. The van der Waals surface area contributed by atoms with Gasteiger partial charge in [-0.15, -0.1) is 0 Å². The monoisotopic (exact) mass is 318 g/mol. The van der Waals surface area contributed by atoms with Gasteiger partial charge in [0.15, 0.2) is 5.11 Å². The second kappa shape index (κ2) is 4.44. The van der Waals surface area contributed by atoms with Gasteiger partial charge >= 0.3 is 0 Å². The molecule has 1 aliphatic carbocycles. The molecule has 1 aromatic carbocycles. The second-order valence-electron chi connectivity index (χ2n) is 3.38. The molecule has 2 rings (SSSR count). The van der Waals surface area contributed by atoms with Crippen molar-refractivity contribution in [1.29, 1.82) is 0 Å². The third-order valence-electron chi connectivity index (χ3n) is 2.01. The maximum absolute atomic E-state index is 5.16. The van der Waals surface area contributed by atoms with E-state index in [2.05, 4.69) is 45.4 Å². The molecule has 0 spiro atoms. The van der Waals surface area contributed by atoms with Crippen LogP contribution in [0.1, 0.15) is 12.8 Å². The minimum Gasteiger partial charge on any atom is -0.360 e. The van der Waals surface area contributed by atoms with Crippen LogP contribution in [0, 0.1) is 3.57 Å². The Morgan fingerprint density at radius 2 is 1.93 bits per heavy atom. The minimum absolute atomic E-state index is 0.610. The average Bonchev–Trinajstić information content (AvgIpc) is 2.93. The van der Waals surface area contributed by atoms with E-state index in [1.165, 1.54) is 16.4 Å². The summed E-state index contributed by atoms with van der Waals surface area (Å²) < 4.78 is 1.23. The molecule has 0 atom stereocenters. The number of anilines is 1. The summed E-state index contributed by atoms with van der Waals surface area (Å²) in [5.41, 5.74) is 1.04. The number of rotatable bonds is 2. The van der Waals surface area contributed by atoms with E-state index in [1.807, 2.05) is 12.1 Å². The molecular formula is C10H11IN2S. The molecule has 2 nitrogen and oxygen atoms in total. The summed E-state index contributed by atoms with van der Waals surface area (Å²) in [6.07, 6.45) is 2.49. The van der Waals surface area contributed by atoms with E-state index in [9.17, 15) is 0 Å². The molecule has 0 bridgehead atoms. The predicted molar refractivity (Wildman–Crippen MR) is 71.5 cm³/mol. The van der Waals surface area contributed by atoms with Gasteiger partial charge in [-0.2, -0.15) is 0 Å². The molecular weight excluding hydrogens is 307 g/mol. The SMILES string of the molecule is S=C(Nc1ccc(I)cc1)NC1CC1. The standard InChI is InChI=1S/C10H11IN2S/c11-7-1-3-8(4-2-7)12-10(14)13-9-5-6-9/h1-4,9H,5-6H2,(H2,12,13,14). The van der Waals surface area contributed by atoms with E-state index in [4.69, 9.17) is 12.2 Å². The number of halogens is 1. The molecule has 0 heterocycles. The molecule has 0 unspecified atom stereocenters. The summed E-state index contributed by atoms with van der Waals surface area (Å²) in [4.78, 5) is 0. The summed E-state index contributed by atoms with van der Waals surface area (Å²) >= 11 is 7.44. The third kappa shape index (κ3) is 3.09. The molecule has 74 valence electrons. The van der Waals surface area contributed by atoms with E-state index in [0.29, 0.717) is 6.04 Å². The molecule has 1 aliphatic rings. The van der Waals surface area contributed by atoms with Crippen molar-refractivity contribution in [1.82, 2.24) is 5.32 Å². The lowest BCUT2D eigenvalue weighted by atomic mass is 10.3. The van der Waals surface area contributed by atoms with Crippen molar-refractivity contribution in [2.45, 2.75) is 18.9 Å². The first-order valence-electron chi connectivity index (χ1n) is 4.57. The Morgan fingerprint density at radius 3 is 2.50 bits per heavy atom. The molecule has 0 amide bonds. The number of benzene rings is 1. The zero-order valence-electron chi connectivity index (χ0n) is 7.59. The van der Waals surface area contributed by atoms with E-state index >= 15 is 0 Å². The van der Waals surface area contributed by atoms with E-state index in [-0.39, 0.29) is 0 Å². The highest BCUT2D eigenvalue weighted by molar-refractivity contribution is 14.1. The van der Waals surface area contributed by atoms with Gasteiger partial charge in [-0.1, -0.05) is 0 Å². The Hall–Kier alpha value is -0.360. The number of hydrogen-bond acceptors (Lipinski definition) is 1. The Bertz CT molecular complexity index is 332. The molecule has 0 saturated heterocycles.